The van der Waals surface area contributed by atoms with Crippen molar-refractivity contribution in [3.05, 3.63) is 18.3 Å². The maximum Gasteiger partial charge on any atom is 0.171 e. The largest absolute Gasteiger partial charge is 0.490 e. The van der Waals surface area contributed by atoms with Crippen molar-refractivity contribution < 1.29 is 4.74 Å². The van der Waals surface area contributed by atoms with Crippen LogP contribution in [0.4, 0.5) is 5.82 Å². The molecule has 0 radical (unpaired) electrons. The van der Waals surface area contributed by atoms with Crippen LogP contribution in [0, 0.1) is 0 Å². The standard InChI is InChI=1S/C12H17BrN2O/c1-2-16-11-4-3-7-14-12(11)15-8-5-10(13)6-9-15/h3-4,7,10H,2,5-6,8-9H2,1H3. The van der Waals surface area contributed by atoms with Crippen LogP contribution in [0.2, 0.25) is 0 Å². The molecule has 4 heteroatoms. The van der Waals surface area contributed by atoms with Gasteiger partial charge >= 0.3 is 0 Å². The fourth-order valence-corrected chi connectivity index (χ4v) is 2.36. The van der Waals surface area contributed by atoms with E-state index >= 15 is 0 Å². The molecule has 1 saturated heterocycles. The van der Waals surface area contributed by atoms with E-state index in [9.17, 15) is 0 Å². The molecule has 0 N–H and O–H groups in total. The van der Waals surface area contributed by atoms with Gasteiger partial charge in [0.1, 0.15) is 0 Å². The monoisotopic (exact) mass is 284 g/mol. The Morgan fingerprint density at radius 2 is 2.25 bits per heavy atom. The lowest BCUT2D eigenvalue weighted by Crippen LogP contribution is -2.34. The number of hydrogen-bond acceptors (Lipinski definition) is 3. The SMILES string of the molecule is CCOc1cccnc1N1CCC(Br)CC1. The van der Waals surface area contributed by atoms with E-state index in [1.165, 1.54) is 12.8 Å². The lowest BCUT2D eigenvalue weighted by molar-refractivity contribution is 0.338. The van der Waals surface area contributed by atoms with Crippen molar-refractivity contribution in [2.75, 3.05) is 24.6 Å². The molecule has 1 aromatic heterocycles. The Hall–Kier alpha value is -0.770. The molecule has 0 aromatic carbocycles. The molecule has 0 unspecified atom stereocenters. The molecule has 1 aliphatic heterocycles. The Kier molecular flexibility index (Phi) is 4.04. The summed E-state index contributed by atoms with van der Waals surface area (Å²) < 4.78 is 5.60. The molecular weight excluding hydrogens is 268 g/mol. The van der Waals surface area contributed by atoms with Crippen LogP contribution in [-0.2, 0) is 0 Å². The van der Waals surface area contributed by atoms with Gasteiger partial charge in [-0.3, -0.25) is 0 Å². The van der Waals surface area contributed by atoms with Gasteiger partial charge in [0.25, 0.3) is 0 Å². The molecule has 0 amide bonds. The maximum atomic E-state index is 5.60. The van der Waals surface area contributed by atoms with Gasteiger partial charge in [-0.2, -0.15) is 0 Å². The van der Waals surface area contributed by atoms with Crippen LogP contribution in [0.3, 0.4) is 0 Å². The van der Waals surface area contributed by atoms with Gasteiger partial charge in [0.15, 0.2) is 11.6 Å². The highest BCUT2D eigenvalue weighted by molar-refractivity contribution is 9.09. The molecule has 0 atom stereocenters. The Morgan fingerprint density at radius 3 is 2.94 bits per heavy atom. The zero-order chi connectivity index (χ0) is 11.4. The number of halogens is 1. The van der Waals surface area contributed by atoms with Crippen molar-refractivity contribution >= 4 is 21.7 Å². The zero-order valence-electron chi connectivity index (χ0n) is 9.53. The van der Waals surface area contributed by atoms with Crippen LogP contribution >= 0.6 is 15.9 Å². The second-order valence-electron chi connectivity index (χ2n) is 3.92. The average Bonchev–Trinajstić information content (AvgIpc) is 2.32. The molecule has 1 aliphatic rings. The highest BCUT2D eigenvalue weighted by atomic mass is 79.9. The summed E-state index contributed by atoms with van der Waals surface area (Å²) in [6.45, 7) is 4.79. The third-order valence-electron chi connectivity index (χ3n) is 2.77. The number of nitrogens with zero attached hydrogens (tertiary/aromatic N) is 2. The van der Waals surface area contributed by atoms with Crippen LogP contribution in [0.1, 0.15) is 19.8 Å². The minimum atomic E-state index is 0.656. The normalized spacial score (nSPS) is 17.5. The van der Waals surface area contributed by atoms with E-state index in [-0.39, 0.29) is 0 Å². The number of anilines is 1. The second kappa shape index (κ2) is 5.53. The number of rotatable bonds is 3. The van der Waals surface area contributed by atoms with Gasteiger partial charge in [0.05, 0.1) is 6.61 Å². The quantitative estimate of drug-likeness (QED) is 0.798. The van der Waals surface area contributed by atoms with Crippen molar-refractivity contribution in [3.8, 4) is 5.75 Å². The first-order valence-electron chi connectivity index (χ1n) is 5.78. The summed E-state index contributed by atoms with van der Waals surface area (Å²) in [5, 5.41) is 0. The molecule has 0 aliphatic carbocycles. The van der Waals surface area contributed by atoms with Gasteiger partial charge in [-0.25, -0.2) is 4.98 Å². The van der Waals surface area contributed by atoms with Crippen LogP contribution < -0.4 is 9.64 Å². The van der Waals surface area contributed by atoms with E-state index in [1.54, 1.807) is 0 Å². The second-order valence-corrected chi connectivity index (χ2v) is 5.21. The molecule has 1 fully saturated rings. The molecule has 0 spiro atoms. The number of ether oxygens (including phenoxy) is 1. The Bertz CT molecular complexity index is 338. The van der Waals surface area contributed by atoms with E-state index in [4.69, 9.17) is 4.74 Å². The van der Waals surface area contributed by atoms with Gasteiger partial charge in [0, 0.05) is 24.1 Å². The smallest absolute Gasteiger partial charge is 0.171 e. The van der Waals surface area contributed by atoms with E-state index in [2.05, 4.69) is 25.8 Å². The fraction of sp³-hybridized carbons (Fsp3) is 0.583. The van der Waals surface area contributed by atoms with Crippen molar-refractivity contribution in [3.63, 3.8) is 0 Å². The zero-order valence-corrected chi connectivity index (χ0v) is 11.1. The summed E-state index contributed by atoms with van der Waals surface area (Å²) in [5.41, 5.74) is 0. The molecule has 16 heavy (non-hydrogen) atoms. The average molecular weight is 285 g/mol. The van der Waals surface area contributed by atoms with Crippen LogP contribution in [0.25, 0.3) is 0 Å². The molecule has 3 nitrogen and oxygen atoms in total. The first kappa shape index (κ1) is 11.7. The van der Waals surface area contributed by atoms with Gasteiger partial charge < -0.3 is 9.64 Å². The van der Waals surface area contributed by atoms with Crippen LogP contribution in [0.5, 0.6) is 5.75 Å². The first-order valence-corrected chi connectivity index (χ1v) is 6.69. The van der Waals surface area contributed by atoms with Gasteiger partial charge in [-0.15, -0.1) is 0 Å². The van der Waals surface area contributed by atoms with Crippen molar-refractivity contribution in [2.45, 2.75) is 24.6 Å². The Balaban J connectivity index is 2.13. The lowest BCUT2D eigenvalue weighted by atomic mass is 10.1. The van der Waals surface area contributed by atoms with Crippen molar-refractivity contribution in [1.29, 1.82) is 0 Å². The highest BCUT2D eigenvalue weighted by Crippen LogP contribution is 2.29. The summed E-state index contributed by atoms with van der Waals surface area (Å²) in [7, 11) is 0. The van der Waals surface area contributed by atoms with Gasteiger partial charge in [0.2, 0.25) is 0 Å². The molecule has 88 valence electrons. The summed E-state index contributed by atoms with van der Waals surface area (Å²) in [4.78, 5) is 7.40. The third kappa shape index (κ3) is 2.67. The minimum Gasteiger partial charge on any atom is -0.490 e. The molecule has 1 aromatic rings. The van der Waals surface area contributed by atoms with Crippen LogP contribution in [-0.4, -0.2) is 29.5 Å². The summed E-state index contributed by atoms with van der Waals surface area (Å²) in [6.07, 6.45) is 4.17. The molecule has 0 bridgehead atoms. The van der Waals surface area contributed by atoms with Crippen molar-refractivity contribution in [1.82, 2.24) is 4.98 Å². The highest BCUT2D eigenvalue weighted by Gasteiger charge is 2.20. The Labute approximate surface area is 105 Å². The fourth-order valence-electron chi connectivity index (χ4n) is 1.95. The van der Waals surface area contributed by atoms with E-state index in [0.29, 0.717) is 11.4 Å². The van der Waals surface area contributed by atoms with Gasteiger partial charge in [-0.05, 0) is 31.9 Å². The number of hydrogen-bond donors (Lipinski definition) is 0. The predicted molar refractivity (Wildman–Crippen MR) is 69.6 cm³/mol. The topological polar surface area (TPSA) is 25.4 Å². The Morgan fingerprint density at radius 1 is 1.50 bits per heavy atom. The van der Waals surface area contributed by atoms with Gasteiger partial charge in [-0.1, -0.05) is 15.9 Å². The van der Waals surface area contributed by atoms with Crippen LogP contribution in [0.15, 0.2) is 18.3 Å². The third-order valence-corrected chi connectivity index (χ3v) is 3.69. The summed E-state index contributed by atoms with van der Waals surface area (Å²) >= 11 is 3.66. The van der Waals surface area contributed by atoms with Crippen molar-refractivity contribution in [2.24, 2.45) is 0 Å². The van der Waals surface area contributed by atoms with E-state index < -0.39 is 0 Å². The number of aromatic nitrogens is 1. The summed E-state index contributed by atoms with van der Waals surface area (Å²) in [6, 6.07) is 3.91. The summed E-state index contributed by atoms with van der Waals surface area (Å²) in [5.74, 6) is 1.89. The first-order chi connectivity index (χ1) is 7.81. The molecule has 2 rings (SSSR count). The molecular formula is C12H17BrN2O. The predicted octanol–water partition coefficient (Wildman–Crippen LogP) is 2.84. The number of pyridine rings is 1. The molecule has 2 heterocycles. The number of alkyl halides is 1. The lowest BCUT2D eigenvalue weighted by Gasteiger charge is -2.31. The van der Waals surface area contributed by atoms with E-state index in [0.717, 1.165) is 24.7 Å². The number of piperidine rings is 1. The minimum absolute atomic E-state index is 0.656. The maximum absolute atomic E-state index is 5.60. The molecule has 0 saturated carbocycles. The van der Waals surface area contributed by atoms with E-state index in [1.807, 2.05) is 25.3 Å².